The maximum atomic E-state index is 12.0. The van der Waals surface area contributed by atoms with Crippen molar-refractivity contribution in [1.29, 1.82) is 0 Å². The Balaban J connectivity index is 1.56. The van der Waals surface area contributed by atoms with Crippen molar-refractivity contribution in [3.63, 3.8) is 0 Å². The van der Waals surface area contributed by atoms with Gasteiger partial charge in [-0.25, -0.2) is 0 Å². The van der Waals surface area contributed by atoms with Gasteiger partial charge in [-0.1, -0.05) is 12.1 Å². The predicted molar refractivity (Wildman–Crippen MR) is 87.3 cm³/mol. The van der Waals surface area contributed by atoms with Crippen LogP contribution in [-0.2, 0) is 6.42 Å². The molecule has 1 amide bonds. The Morgan fingerprint density at radius 1 is 1.14 bits per heavy atom. The number of aromatic nitrogens is 1. The van der Waals surface area contributed by atoms with Crippen molar-refractivity contribution in [3.8, 4) is 5.75 Å². The Morgan fingerprint density at radius 3 is 2.73 bits per heavy atom. The van der Waals surface area contributed by atoms with Crippen LogP contribution in [0.4, 0.5) is 0 Å². The van der Waals surface area contributed by atoms with Crippen LogP contribution >= 0.6 is 0 Å². The molecule has 0 aliphatic rings. The molecule has 0 unspecified atom stereocenters. The molecule has 0 radical (unpaired) electrons. The summed E-state index contributed by atoms with van der Waals surface area (Å²) in [5.41, 5.74) is 2.96. The Bertz CT molecular complexity index is 775. The van der Waals surface area contributed by atoms with Crippen LogP contribution in [0.3, 0.4) is 0 Å². The van der Waals surface area contributed by atoms with Gasteiger partial charge in [0, 0.05) is 23.8 Å². The fourth-order valence-corrected chi connectivity index (χ4v) is 2.42. The maximum Gasteiger partial charge on any atom is 0.251 e. The Morgan fingerprint density at radius 2 is 1.95 bits per heavy atom. The number of H-pyrrole nitrogens is 1. The number of nitrogens with one attached hydrogen (secondary N) is 2. The number of hydrogen-bond donors (Lipinski definition) is 2. The molecule has 1 heterocycles. The lowest BCUT2D eigenvalue weighted by atomic mass is 10.1. The molecule has 0 spiro atoms. The van der Waals surface area contributed by atoms with Crippen molar-refractivity contribution >= 4 is 16.8 Å². The van der Waals surface area contributed by atoms with E-state index in [2.05, 4.69) is 28.5 Å². The van der Waals surface area contributed by atoms with Crippen LogP contribution in [0.5, 0.6) is 5.75 Å². The Labute approximate surface area is 129 Å². The highest BCUT2D eigenvalue weighted by molar-refractivity contribution is 5.94. The highest BCUT2D eigenvalue weighted by Gasteiger charge is 2.05. The smallest absolute Gasteiger partial charge is 0.251 e. The van der Waals surface area contributed by atoms with Crippen molar-refractivity contribution in [2.45, 2.75) is 6.42 Å². The molecule has 3 aromatic rings. The molecule has 2 aromatic carbocycles. The second-order valence-electron chi connectivity index (χ2n) is 5.13. The molecule has 0 aliphatic carbocycles. The second-order valence-corrected chi connectivity index (χ2v) is 5.13. The van der Waals surface area contributed by atoms with E-state index >= 15 is 0 Å². The number of carbonyl (C=O) groups is 1. The zero-order valence-corrected chi connectivity index (χ0v) is 12.4. The highest BCUT2D eigenvalue weighted by atomic mass is 16.5. The molecule has 112 valence electrons. The number of benzene rings is 2. The van der Waals surface area contributed by atoms with E-state index in [0.29, 0.717) is 12.1 Å². The molecule has 0 saturated carbocycles. The van der Waals surface area contributed by atoms with Crippen LogP contribution in [-0.4, -0.2) is 24.5 Å². The molecule has 0 saturated heterocycles. The van der Waals surface area contributed by atoms with Gasteiger partial charge in [-0.3, -0.25) is 4.79 Å². The van der Waals surface area contributed by atoms with E-state index in [0.717, 1.165) is 17.7 Å². The molecule has 0 aliphatic heterocycles. The molecule has 1 aromatic heterocycles. The number of carbonyl (C=O) groups excluding carboxylic acids is 1. The normalized spacial score (nSPS) is 10.6. The summed E-state index contributed by atoms with van der Waals surface area (Å²) in [7, 11) is 1.61. The minimum atomic E-state index is -0.0661. The molecule has 0 bridgehead atoms. The lowest BCUT2D eigenvalue weighted by Crippen LogP contribution is -2.25. The SMILES string of the molecule is COc1ccc(C(=O)NCCc2ccc3cc[nH]c3c2)cc1. The standard InChI is InChI=1S/C18H18N2O2/c1-22-16-6-4-15(5-7-16)18(21)20-10-8-13-2-3-14-9-11-19-17(14)12-13/h2-7,9,11-12,19H,8,10H2,1H3,(H,20,21). The predicted octanol–water partition coefficient (Wildman–Crippen LogP) is 3.15. The van der Waals surface area contributed by atoms with E-state index in [9.17, 15) is 4.79 Å². The number of amides is 1. The number of methoxy groups -OCH3 is 1. The summed E-state index contributed by atoms with van der Waals surface area (Å²) in [6.07, 6.45) is 2.73. The van der Waals surface area contributed by atoms with E-state index in [1.54, 1.807) is 31.4 Å². The lowest BCUT2D eigenvalue weighted by molar-refractivity contribution is 0.0954. The van der Waals surface area contributed by atoms with Crippen LogP contribution in [0.2, 0.25) is 0 Å². The van der Waals surface area contributed by atoms with E-state index in [1.807, 2.05) is 12.3 Å². The third-order valence-electron chi connectivity index (χ3n) is 3.67. The fraction of sp³-hybridized carbons (Fsp3) is 0.167. The van der Waals surface area contributed by atoms with Gasteiger partial charge < -0.3 is 15.0 Å². The summed E-state index contributed by atoms with van der Waals surface area (Å²) in [4.78, 5) is 15.2. The first-order valence-electron chi connectivity index (χ1n) is 7.24. The van der Waals surface area contributed by atoms with Crippen LogP contribution < -0.4 is 10.1 Å². The monoisotopic (exact) mass is 294 g/mol. The summed E-state index contributed by atoms with van der Waals surface area (Å²) in [6, 6.07) is 15.4. The third-order valence-corrected chi connectivity index (χ3v) is 3.67. The molecule has 2 N–H and O–H groups in total. The lowest BCUT2D eigenvalue weighted by Gasteiger charge is -2.06. The van der Waals surface area contributed by atoms with E-state index in [1.165, 1.54) is 10.9 Å². The first-order valence-corrected chi connectivity index (χ1v) is 7.24. The zero-order valence-electron chi connectivity index (χ0n) is 12.4. The van der Waals surface area contributed by atoms with Gasteiger partial charge in [-0.2, -0.15) is 0 Å². The van der Waals surface area contributed by atoms with Gasteiger partial charge in [0.2, 0.25) is 0 Å². The molecule has 22 heavy (non-hydrogen) atoms. The summed E-state index contributed by atoms with van der Waals surface area (Å²) < 4.78 is 5.08. The van der Waals surface area contributed by atoms with Gasteiger partial charge >= 0.3 is 0 Å². The van der Waals surface area contributed by atoms with Gasteiger partial charge in [0.25, 0.3) is 5.91 Å². The number of ether oxygens (including phenoxy) is 1. The van der Waals surface area contributed by atoms with Crippen LogP contribution in [0.1, 0.15) is 15.9 Å². The molecule has 4 heteroatoms. The first kappa shape index (κ1) is 14.2. The zero-order chi connectivity index (χ0) is 15.4. The van der Waals surface area contributed by atoms with Crippen LogP contribution in [0.15, 0.2) is 54.7 Å². The largest absolute Gasteiger partial charge is 0.497 e. The number of fused-ring (bicyclic) bond motifs is 1. The summed E-state index contributed by atoms with van der Waals surface area (Å²) >= 11 is 0. The third kappa shape index (κ3) is 3.11. The first-order chi connectivity index (χ1) is 10.8. The van der Waals surface area contributed by atoms with Crippen molar-refractivity contribution in [3.05, 3.63) is 65.9 Å². The minimum Gasteiger partial charge on any atom is -0.497 e. The van der Waals surface area contributed by atoms with E-state index in [-0.39, 0.29) is 5.91 Å². The number of rotatable bonds is 5. The van der Waals surface area contributed by atoms with Crippen molar-refractivity contribution < 1.29 is 9.53 Å². The maximum absolute atomic E-state index is 12.0. The van der Waals surface area contributed by atoms with Gasteiger partial charge in [0.15, 0.2) is 0 Å². The molecule has 0 atom stereocenters. The van der Waals surface area contributed by atoms with Crippen LogP contribution in [0.25, 0.3) is 10.9 Å². The summed E-state index contributed by atoms with van der Waals surface area (Å²) in [5, 5.41) is 4.14. The summed E-state index contributed by atoms with van der Waals surface area (Å²) in [6.45, 7) is 0.608. The number of aromatic amines is 1. The van der Waals surface area contributed by atoms with Gasteiger partial charge in [-0.05, 0) is 53.8 Å². The van der Waals surface area contributed by atoms with Crippen molar-refractivity contribution in [2.75, 3.05) is 13.7 Å². The average molecular weight is 294 g/mol. The minimum absolute atomic E-state index is 0.0661. The molecule has 0 fully saturated rings. The quantitative estimate of drug-likeness (QED) is 0.759. The van der Waals surface area contributed by atoms with Gasteiger partial charge in [0.1, 0.15) is 5.75 Å². The van der Waals surface area contributed by atoms with E-state index in [4.69, 9.17) is 4.74 Å². The fourth-order valence-electron chi connectivity index (χ4n) is 2.42. The molecular weight excluding hydrogens is 276 g/mol. The number of hydrogen-bond acceptors (Lipinski definition) is 2. The summed E-state index contributed by atoms with van der Waals surface area (Å²) in [5.74, 6) is 0.680. The molecular formula is C18H18N2O2. The topological polar surface area (TPSA) is 54.1 Å². The molecule has 3 rings (SSSR count). The van der Waals surface area contributed by atoms with Crippen molar-refractivity contribution in [2.24, 2.45) is 0 Å². The van der Waals surface area contributed by atoms with Gasteiger partial charge in [0.05, 0.1) is 7.11 Å². The average Bonchev–Trinajstić information content (AvgIpc) is 3.02. The Kier molecular flexibility index (Phi) is 4.10. The van der Waals surface area contributed by atoms with Gasteiger partial charge in [-0.15, -0.1) is 0 Å². The van der Waals surface area contributed by atoms with Crippen molar-refractivity contribution in [1.82, 2.24) is 10.3 Å². The molecule has 4 nitrogen and oxygen atoms in total. The van der Waals surface area contributed by atoms with E-state index < -0.39 is 0 Å². The van der Waals surface area contributed by atoms with Crippen LogP contribution in [0, 0.1) is 0 Å². The second kappa shape index (κ2) is 6.35. The highest BCUT2D eigenvalue weighted by Crippen LogP contribution is 2.14. The Hall–Kier alpha value is -2.75.